The number of fused-ring (bicyclic) bond motifs is 2. The molecule has 3 atom stereocenters. The number of carbonyl (C=O) groups is 2. The quantitative estimate of drug-likeness (QED) is 0.721. The van der Waals surface area contributed by atoms with Gasteiger partial charge in [-0.05, 0) is 45.1 Å². The first-order valence-electron chi connectivity index (χ1n) is 7.19. The van der Waals surface area contributed by atoms with E-state index in [1.54, 1.807) is 13.8 Å². The van der Waals surface area contributed by atoms with Crippen LogP contribution in [-0.2, 0) is 9.59 Å². The van der Waals surface area contributed by atoms with Gasteiger partial charge in [0.25, 0.3) is 0 Å². The van der Waals surface area contributed by atoms with E-state index in [9.17, 15) is 9.59 Å². The van der Waals surface area contributed by atoms with E-state index >= 15 is 0 Å². The third-order valence-corrected chi connectivity index (χ3v) is 4.84. The molecule has 0 aromatic carbocycles. The SMILES string of the molecule is CCN1C[C@H]2CC[C@@H](C1)[C@@H]2NC(=O)C(C)(C)C(N)=O. The van der Waals surface area contributed by atoms with E-state index in [0.29, 0.717) is 11.8 Å². The minimum absolute atomic E-state index is 0.217. The minimum atomic E-state index is -1.12. The Hall–Kier alpha value is -1.10. The average molecular weight is 267 g/mol. The van der Waals surface area contributed by atoms with E-state index in [1.807, 2.05) is 0 Å². The first-order valence-corrected chi connectivity index (χ1v) is 7.19. The smallest absolute Gasteiger partial charge is 0.235 e. The van der Waals surface area contributed by atoms with Gasteiger partial charge in [-0.15, -0.1) is 0 Å². The second-order valence-electron chi connectivity index (χ2n) is 6.44. The van der Waals surface area contributed by atoms with Crippen LogP contribution in [0.1, 0.15) is 33.6 Å². The summed E-state index contributed by atoms with van der Waals surface area (Å²) in [7, 11) is 0. The second-order valence-corrected chi connectivity index (χ2v) is 6.44. The fraction of sp³-hybridized carbons (Fsp3) is 0.857. The number of rotatable bonds is 4. The lowest BCUT2D eigenvalue weighted by molar-refractivity contribution is -0.140. The zero-order valence-electron chi connectivity index (χ0n) is 12.1. The first-order chi connectivity index (χ1) is 8.86. The zero-order chi connectivity index (χ0) is 14.2. The molecule has 2 fully saturated rings. The van der Waals surface area contributed by atoms with Crippen LogP contribution < -0.4 is 11.1 Å². The molecule has 108 valence electrons. The van der Waals surface area contributed by atoms with Crippen LogP contribution in [0.15, 0.2) is 0 Å². The summed E-state index contributed by atoms with van der Waals surface area (Å²) in [6, 6.07) is 0.217. The molecule has 0 aromatic rings. The summed E-state index contributed by atoms with van der Waals surface area (Å²) in [5.74, 6) is 0.243. The van der Waals surface area contributed by atoms with Gasteiger partial charge in [-0.3, -0.25) is 9.59 Å². The van der Waals surface area contributed by atoms with Crippen molar-refractivity contribution in [1.29, 1.82) is 0 Å². The van der Waals surface area contributed by atoms with Crippen LogP contribution in [0.5, 0.6) is 0 Å². The van der Waals surface area contributed by atoms with Crippen LogP contribution in [0, 0.1) is 17.3 Å². The molecular formula is C14H25N3O2. The lowest BCUT2D eigenvalue weighted by Crippen LogP contribution is -2.56. The number of carbonyl (C=O) groups excluding carboxylic acids is 2. The summed E-state index contributed by atoms with van der Waals surface area (Å²) < 4.78 is 0. The molecule has 1 aliphatic heterocycles. The molecule has 5 nitrogen and oxygen atoms in total. The van der Waals surface area contributed by atoms with E-state index in [-0.39, 0.29) is 11.9 Å². The Balaban J connectivity index is 2.01. The molecule has 2 aliphatic rings. The van der Waals surface area contributed by atoms with Gasteiger partial charge < -0.3 is 16.0 Å². The maximum absolute atomic E-state index is 12.2. The standard InChI is InChI=1S/C14H25N3O2/c1-4-17-7-9-5-6-10(8-17)11(9)16-13(19)14(2,3)12(15)18/h9-11H,4-8H2,1-3H3,(H2,15,18)(H,16,19)/t9-,10+,11-. The Morgan fingerprint density at radius 1 is 1.26 bits per heavy atom. The van der Waals surface area contributed by atoms with Gasteiger partial charge in [0.1, 0.15) is 5.41 Å². The Bertz CT molecular complexity index is 367. The number of likely N-dealkylation sites (tertiary alicyclic amines) is 1. The van der Waals surface area contributed by atoms with Gasteiger partial charge in [0.2, 0.25) is 11.8 Å². The Labute approximate surface area is 114 Å². The zero-order valence-corrected chi connectivity index (χ0v) is 12.1. The van der Waals surface area contributed by atoms with Gasteiger partial charge in [0.15, 0.2) is 0 Å². The molecule has 0 spiro atoms. The number of nitrogens with one attached hydrogen (secondary N) is 1. The largest absolute Gasteiger partial charge is 0.369 e. The van der Waals surface area contributed by atoms with Gasteiger partial charge in [0, 0.05) is 19.1 Å². The molecule has 2 bridgehead atoms. The molecule has 1 saturated carbocycles. The molecule has 5 heteroatoms. The molecule has 0 unspecified atom stereocenters. The molecule has 3 N–H and O–H groups in total. The predicted molar refractivity (Wildman–Crippen MR) is 73.2 cm³/mol. The summed E-state index contributed by atoms with van der Waals surface area (Å²) in [6.07, 6.45) is 2.34. The maximum Gasteiger partial charge on any atom is 0.235 e. The summed E-state index contributed by atoms with van der Waals surface area (Å²) >= 11 is 0. The lowest BCUT2D eigenvalue weighted by atomic mass is 9.87. The minimum Gasteiger partial charge on any atom is -0.369 e. The van der Waals surface area contributed by atoms with E-state index in [4.69, 9.17) is 5.73 Å². The monoisotopic (exact) mass is 267 g/mol. The number of amides is 2. The van der Waals surface area contributed by atoms with Crippen molar-refractivity contribution in [2.45, 2.75) is 39.7 Å². The van der Waals surface area contributed by atoms with E-state index in [0.717, 1.165) is 19.6 Å². The van der Waals surface area contributed by atoms with Crippen LogP contribution in [0.2, 0.25) is 0 Å². The predicted octanol–water partition coefficient (Wildman–Crippen LogP) is 0.344. The highest BCUT2D eigenvalue weighted by Crippen LogP contribution is 2.37. The first kappa shape index (κ1) is 14.3. The highest BCUT2D eigenvalue weighted by atomic mass is 16.2. The van der Waals surface area contributed by atoms with Crippen molar-refractivity contribution in [3.05, 3.63) is 0 Å². The van der Waals surface area contributed by atoms with Crippen molar-refractivity contribution in [2.24, 2.45) is 23.0 Å². The summed E-state index contributed by atoms with van der Waals surface area (Å²) in [5, 5.41) is 3.08. The van der Waals surface area contributed by atoms with E-state index in [2.05, 4.69) is 17.1 Å². The number of nitrogens with two attached hydrogens (primary N) is 1. The molecule has 0 aromatic heterocycles. The Kier molecular flexibility index (Phi) is 3.85. The Morgan fingerprint density at radius 3 is 2.21 bits per heavy atom. The lowest BCUT2D eigenvalue weighted by Gasteiger charge is -2.38. The van der Waals surface area contributed by atoms with Crippen LogP contribution in [-0.4, -0.2) is 42.4 Å². The number of hydrogen-bond acceptors (Lipinski definition) is 3. The van der Waals surface area contributed by atoms with Crippen molar-refractivity contribution in [3.63, 3.8) is 0 Å². The van der Waals surface area contributed by atoms with Crippen LogP contribution in [0.4, 0.5) is 0 Å². The second kappa shape index (κ2) is 5.12. The Morgan fingerprint density at radius 2 is 1.79 bits per heavy atom. The van der Waals surface area contributed by atoms with Crippen molar-refractivity contribution in [2.75, 3.05) is 19.6 Å². The number of nitrogens with zero attached hydrogens (tertiary/aromatic N) is 1. The van der Waals surface area contributed by atoms with Gasteiger partial charge >= 0.3 is 0 Å². The molecule has 19 heavy (non-hydrogen) atoms. The fourth-order valence-corrected chi connectivity index (χ4v) is 3.26. The molecule has 1 aliphatic carbocycles. The van der Waals surface area contributed by atoms with Crippen LogP contribution >= 0.6 is 0 Å². The highest BCUT2D eigenvalue weighted by Gasteiger charge is 2.44. The normalized spacial score (nSPS) is 31.2. The molecular weight excluding hydrogens is 242 g/mol. The summed E-state index contributed by atoms with van der Waals surface area (Å²) in [6.45, 7) is 8.53. The molecule has 1 saturated heterocycles. The van der Waals surface area contributed by atoms with Crippen molar-refractivity contribution < 1.29 is 9.59 Å². The summed E-state index contributed by atoms with van der Waals surface area (Å²) in [4.78, 5) is 26.0. The third kappa shape index (κ3) is 2.61. The van der Waals surface area contributed by atoms with Crippen LogP contribution in [0.3, 0.4) is 0 Å². The number of hydrogen-bond donors (Lipinski definition) is 2. The molecule has 2 amide bonds. The summed E-state index contributed by atoms with van der Waals surface area (Å²) in [5.41, 5.74) is 4.17. The van der Waals surface area contributed by atoms with Gasteiger partial charge in [-0.1, -0.05) is 6.92 Å². The van der Waals surface area contributed by atoms with Crippen molar-refractivity contribution in [3.8, 4) is 0 Å². The van der Waals surface area contributed by atoms with E-state index < -0.39 is 11.3 Å². The average Bonchev–Trinajstić information content (AvgIpc) is 2.61. The van der Waals surface area contributed by atoms with Crippen molar-refractivity contribution >= 4 is 11.8 Å². The van der Waals surface area contributed by atoms with Crippen LogP contribution in [0.25, 0.3) is 0 Å². The maximum atomic E-state index is 12.2. The van der Waals surface area contributed by atoms with Crippen molar-refractivity contribution in [1.82, 2.24) is 10.2 Å². The van der Waals surface area contributed by atoms with Gasteiger partial charge in [-0.2, -0.15) is 0 Å². The number of primary amides is 1. The number of piperidine rings is 1. The third-order valence-electron chi connectivity index (χ3n) is 4.84. The van der Waals surface area contributed by atoms with Gasteiger partial charge in [-0.25, -0.2) is 0 Å². The molecule has 0 radical (unpaired) electrons. The van der Waals surface area contributed by atoms with Gasteiger partial charge in [0.05, 0.1) is 0 Å². The van der Waals surface area contributed by atoms with E-state index in [1.165, 1.54) is 12.8 Å². The highest BCUT2D eigenvalue weighted by molar-refractivity contribution is 6.03. The molecule has 2 rings (SSSR count). The fourth-order valence-electron chi connectivity index (χ4n) is 3.26. The molecule has 1 heterocycles. The topological polar surface area (TPSA) is 75.4 Å².